The number of nitrogens with zero attached hydrogens (tertiary/aromatic N) is 3. The first kappa shape index (κ1) is 19.9. The van der Waals surface area contributed by atoms with Gasteiger partial charge >= 0.3 is 6.03 Å². The number of piperidine rings is 1. The molecule has 0 radical (unpaired) electrons. The molecule has 0 bridgehead atoms. The molecule has 0 saturated carbocycles. The van der Waals surface area contributed by atoms with Crippen LogP contribution < -0.4 is 10.6 Å². The lowest BCUT2D eigenvalue weighted by molar-refractivity contribution is 0.0918. The quantitative estimate of drug-likeness (QED) is 0.685. The number of rotatable bonds is 5. The lowest BCUT2D eigenvalue weighted by Crippen LogP contribution is -2.49. The number of imidazole rings is 1. The van der Waals surface area contributed by atoms with Crippen LogP contribution >= 0.6 is 0 Å². The molecule has 2 aromatic carbocycles. The minimum Gasteiger partial charge on any atom is -0.349 e. The predicted octanol–water partition coefficient (Wildman–Crippen LogP) is 2.95. The van der Waals surface area contributed by atoms with Crippen molar-refractivity contribution in [1.82, 2.24) is 25.1 Å². The first-order chi connectivity index (χ1) is 14.6. The molecule has 0 aliphatic carbocycles. The van der Waals surface area contributed by atoms with E-state index >= 15 is 0 Å². The Morgan fingerprint density at radius 1 is 1.03 bits per heavy atom. The molecule has 0 unspecified atom stereocenters. The Labute approximate surface area is 176 Å². The van der Waals surface area contributed by atoms with E-state index in [1.165, 1.54) is 0 Å². The molecular formula is C23H27N5O2. The van der Waals surface area contributed by atoms with Crippen molar-refractivity contribution >= 4 is 23.0 Å². The highest BCUT2D eigenvalue weighted by atomic mass is 16.2. The lowest BCUT2D eigenvalue weighted by Gasteiger charge is -2.32. The third kappa shape index (κ3) is 4.45. The number of hydrogen-bond acceptors (Lipinski definition) is 3. The summed E-state index contributed by atoms with van der Waals surface area (Å²) in [4.78, 5) is 31.2. The molecule has 0 atom stereocenters. The summed E-state index contributed by atoms with van der Waals surface area (Å²) in [6.07, 6.45) is 1.52. The number of fused-ring (bicyclic) bond motifs is 1. The van der Waals surface area contributed by atoms with E-state index in [9.17, 15) is 9.59 Å². The second kappa shape index (κ2) is 8.98. The zero-order valence-electron chi connectivity index (χ0n) is 17.2. The minimum atomic E-state index is -0.0542. The lowest BCUT2D eigenvalue weighted by atomic mass is 10.0. The van der Waals surface area contributed by atoms with Crippen LogP contribution in [0.4, 0.5) is 4.79 Å². The first-order valence-electron chi connectivity index (χ1n) is 10.4. The number of aryl methyl sites for hydroxylation is 1. The number of hydrogen-bond donors (Lipinski definition) is 2. The summed E-state index contributed by atoms with van der Waals surface area (Å²) in [5.74, 6) is 0.891. The molecule has 156 valence electrons. The second-order valence-corrected chi connectivity index (χ2v) is 7.63. The van der Waals surface area contributed by atoms with Crippen LogP contribution in [0.1, 0.15) is 29.0 Å². The van der Waals surface area contributed by atoms with Crippen LogP contribution in [0.3, 0.4) is 0 Å². The SMILES string of the molecule is Cc1nc2ccccc2n1CCNC(=O)N1CCC(NC(=O)c2ccccc2)CC1. The van der Waals surface area contributed by atoms with Gasteiger partial charge in [0.2, 0.25) is 0 Å². The van der Waals surface area contributed by atoms with Gasteiger partial charge in [0.05, 0.1) is 11.0 Å². The zero-order chi connectivity index (χ0) is 20.9. The first-order valence-corrected chi connectivity index (χ1v) is 10.4. The third-order valence-corrected chi connectivity index (χ3v) is 5.61. The van der Waals surface area contributed by atoms with Crippen molar-refractivity contribution in [2.24, 2.45) is 0 Å². The topological polar surface area (TPSA) is 79.3 Å². The summed E-state index contributed by atoms with van der Waals surface area (Å²) in [5.41, 5.74) is 2.72. The molecule has 0 spiro atoms. The molecule has 1 fully saturated rings. The van der Waals surface area contributed by atoms with Crippen LogP contribution in [-0.2, 0) is 6.54 Å². The van der Waals surface area contributed by atoms with E-state index in [4.69, 9.17) is 0 Å². The van der Waals surface area contributed by atoms with Crippen molar-refractivity contribution in [1.29, 1.82) is 0 Å². The highest BCUT2D eigenvalue weighted by Crippen LogP contribution is 2.15. The number of carbonyl (C=O) groups is 2. The summed E-state index contributed by atoms with van der Waals surface area (Å²) < 4.78 is 2.13. The highest BCUT2D eigenvalue weighted by molar-refractivity contribution is 5.94. The van der Waals surface area contributed by atoms with Gasteiger partial charge in [0.1, 0.15) is 5.82 Å². The molecule has 1 saturated heterocycles. The van der Waals surface area contributed by atoms with Crippen LogP contribution in [0, 0.1) is 6.92 Å². The number of likely N-dealkylation sites (tertiary alicyclic amines) is 1. The van der Waals surface area contributed by atoms with Crippen LogP contribution in [0.5, 0.6) is 0 Å². The van der Waals surface area contributed by atoms with E-state index < -0.39 is 0 Å². The number of nitrogens with one attached hydrogen (secondary N) is 2. The van der Waals surface area contributed by atoms with Crippen molar-refractivity contribution in [2.45, 2.75) is 32.4 Å². The molecule has 1 aliphatic rings. The summed E-state index contributed by atoms with van der Waals surface area (Å²) in [5, 5.41) is 6.09. The standard InChI is InChI=1S/C23H27N5O2/c1-17-25-20-9-5-6-10-21(20)28(17)16-13-24-23(30)27-14-11-19(12-15-27)26-22(29)18-7-3-2-4-8-18/h2-10,19H,11-16H2,1H3,(H,24,30)(H,26,29). The maximum Gasteiger partial charge on any atom is 0.317 e. The average Bonchev–Trinajstić information content (AvgIpc) is 3.10. The molecule has 4 rings (SSSR count). The summed E-state index contributed by atoms with van der Waals surface area (Å²) in [6, 6.07) is 17.3. The van der Waals surface area contributed by atoms with Crippen LogP contribution in [-0.4, -0.2) is 52.1 Å². The fourth-order valence-electron chi connectivity index (χ4n) is 3.95. The fourth-order valence-corrected chi connectivity index (χ4v) is 3.95. The number of aromatic nitrogens is 2. The van der Waals surface area contributed by atoms with Gasteiger partial charge in [-0.15, -0.1) is 0 Å². The Bertz CT molecular complexity index is 1020. The smallest absolute Gasteiger partial charge is 0.317 e. The van der Waals surface area contributed by atoms with Gasteiger partial charge in [-0.05, 0) is 44.0 Å². The number of amides is 3. The molecule has 3 aromatic rings. The van der Waals surface area contributed by atoms with Gasteiger partial charge in [-0.2, -0.15) is 0 Å². The molecule has 2 N–H and O–H groups in total. The number of urea groups is 1. The maximum absolute atomic E-state index is 12.5. The van der Waals surface area contributed by atoms with Gasteiger partial charge in [0.25, 0.3) is 5.91 Å². The van der Waals surface area contributed by atoms with Gasteiger partial charge < -0.3 is 20.1 Å². The van der Waals surface area contributed by atoms with E-state index in [0.29, 0.717) is 31.7 Å². The van der Waals surface area contributed by atoms with Gasteiger partial charge in [0, 0.05) is 37.8 Å². The Hall–Kier alpha value is -3.35. The summed E-state index contributed by atoms with van der Waals surface area (Å²) in [7, 11) is 0. The van der Waals surface area contributed by atoms with E-state index in [2.05, 4.69) is 20.2 Å². The molecule has 3 amide bonds. The number of para-hydroxylation sites is 2. The van der Waals surface area contributed by atoms with Crippen molar-refractivity contribution < 1.29 is 9.59 Å². The van der Waals surface area contributed by atoms with Crippen LogP contribution in [0.15, 0.2) is 54.6 Å². The largest absolute Gasteiger partial charge is 0.349 e. The van der Waals surface area contributed by atoms with Crippen molar-refractivity contribution in [3.8, 4) is 0 Å². The average molecular weight is 406 g/mol. The fraction of sp³-hybridized carbons (Fsp3) is 0.348. The molecule has 1 aliphatic heterocycles. The van der Waals surface area contributed by atoms with Gasteiger partial charge in [-0.25, -0.2) is 9.78 Å². The zero-order valence-corrected chi connectivity index (χ0v) is 17.2. The van der Waals surface area contributed by atoms with E-state index in [1.54, 1.807) is 0 Å². The second-order valence-electron chi connectivity index (χ2n) is 7.63. The van der Waals surface area contributed by atoms with E-state index in [0.717, 1.165) is 29.7 Å². The van der Waals surface area contributed by atoms with Gasteiger partial charge in [-0.3, -0.25) is 4.79 Å². The number of carbonyl (C=O) groups excluding carboxylic acids is 2. The van der Waals surface area contributed by atoms with Crippen molar-refractivity contribution in [3.63, 3.8) is 0 Å². The van der Waals surface area contributed by atoms with Gasteiger partial charge in [-0.1, -0.05) is 30.3 Å². The van der Waals surface area contributed by atoms with Crippen LogP contribution in [0.25, 0.3) is 11.0 Å². The third-order valence-electron chi connectivity index (χ3n) is 5.61. The summed E-state index contributed by atoms with van der Waals surface area (Å²) in [6.45, 7) is 4.49. The Balaban J connectivity index is 1.23. The van der Waals surface area contributed by atoms with Crippen molar-refractivity contribution in [2.75, 3.05) is 19.6 Å². The Kier molecular flexibility index (Phi) is 5.97. The van der Waals surface area contributed by atoms with Crippen molar-refractivity contribution in [3.05, 3.63) is 66.0 Å². The van der Waals surface area contributed by atoms with Crippen LogP contribution in [0.2, 0.25) is 0 Å². The molecule has 30 heavy (non-hydrogen) atoms. The molecule has 2 heterocycles. The summed E-state index contributed by atoms with van der Waals surface area (Å²) >= 11 is 0. The molecule has 1 aromatic heterocycles. The predicted molar refractivity (Wildman–Crippen MR) is 116 cm³/mol. The minimum absolute atomic E-state index is 0.0510. The highest BCUT2D eigenvalue weighted by Gasteiger charge is 2.24. The molecular weight excluding hydrogens is 378 g/mol. The Morgan fingerprint density at radius 2 is 1.73 bits per heavy atom. The normalized spacial score (nSPS) is 14.6. The van der Waals surface area contributed by atoms with E-state index in [-0.39, 0.29) is 18.0 Å². The Morgan fingerprint density at radius 3 is 2.50 bits per heavy atom. The van der Waals surface area contributed by atoms with Gasteiger partial charge in [0.15, 0.2) is 0 Å². The molecule has 7 nitrogen and oxygen atoms in total. The maximum atomic E-state index is 12.5. The monoisotopic (exact) mass is 405 g/mol. The number of benzene rings is 2. The van der Waals surface area contributed by atoms with E-state index in [1.807, 2.05) is 66.4 Å². The molecule has 7 heteroatoms.